The van der Waals surface area contributed by atoms with E-state index < -0.39 is 0 Å². The van der Waals surface area contributed by atoms with Gasteiger partial charge in [0.15, 0.2) is 23.0 Å². The minimum atomic E-state index is 0.641. The fourth-order valence-corrected chi connectivity index (χ4v) is 4.06. The number of quaternary nitrogens is 2. The Kier molecular flexibility index (Phi) is 7.61. The van der Waals surface area contributed by atoms with Crippen LogP contribution in [0.2, 0.25) is 0 Å². The average Bonchev–Trinajstić information content (AvgIpc) is 2.75. The molecule has 1 aliphatic rings. The van der Waals surface area contributed by atoms with E-state index in [1.54, 1.807) is 31.1 Å². The molecule has 29 heavy (non-hydrogen) atoms. The second-order valence-electron chi connectivity index (χ2n) is 7.42. The molecular formula is C23H34N2O4+2. The van der Waals surface area contributed by atoms with Crippen LogP contribution in [0.25, 0.3) is 0 Å². The molecule has 158 valence electrons. The van der Waals surface area contributed by atoms with E-state index in [1.165, 1.54) is 11.1 Å². The first kappa shape index (κ1) is 21.3. The Balaban J connectivity index is 1.57. The molecule has 1 fully saturated rings. The summed E-state index contributed by atoms with van der Waals surface area (Å²) in [5, 5.41) is 0. The van der Waals surface area contributed by atoms with Crippen molar-refractivity contribution >= 4 is 0 Å². The Labute approximate surface area is 173 Å². The quantitative estimate of drug-likeness (QED) is 0.645. The number of nitrogens with one attached hydrogen (secondary N) is 2. The summed E-state index contributed by atoms with van der Waals surface area (Å²) in [5.74, 6) is 3.30. The molecule has 1 saturated heterocycles. The summed E-state index contributed by atoms with van der Waals surface area (Å²) in [7, 11) is 5.08. The van der Waals surface area contributed by atoms with Crippen LogP contribution in [0.3, 0.4) is 0 Å². The number of para-hydroxylation sites is 1. The number of methoxy groups -OCH3 is 3. The van der Waals surface area contributed by atoms with Crippen molar-refractivity contribution in [2.45, 2.75) is 20.0 Å². The van der Waals surface area contributed by atoms with Crippen molar-refractivity contribution in [3.8, 4) is 23.0 Å². The summed E-state index contributed by atoms with van der Waals surface area (Å²) in [6, 6.07) is 12.4. The lowest BCUT2D eigenvalue weighted by Crippen LogP contribution is -3.27. The smallest absolute Gasteiger partial charge is 0.169 e. The van der Waals surface area contributed by atoms with E-state index in [2.05, 4.69) is 18.2 Å². The molecule has 0 spiro atoms. The summed E-state index contributed by atoms with van der Waals surface area (Å²) in [4.78, 5) is 3.20. The van der Waals surface area contributed by atoms with Gasteiger partial charge in [-0.05, 0) is 37.3 Å². The van der Waals surface area contributed by atoms with Crippen LogP contribution in [-0.4, -0.2) is 54.1 Å². The molecule has 0 saturated carbocycles. The number of piperazine rings is 1. The Morgan fingerprint density at radius 3 is 2.07 bits per heavy atom. The zero-order valence-corrected chi connectivity index (χ0v) is 18.0. The highest BCUT2D eigenvalue weighted by molar-refractivity contribution is 5.46. The molecule has 2 aromatic rings. The molecule has 0 radical (unpaired) electrons. The van der Waals surface area contributed by atoms with Gasteiger partial charge in [0, 0.05) is 5.56 Å². The van der Waals surface area contributed by atoms with Gasteiger partial charge in [0.05, 0.1) is 33.5 Å². The van der Waals surface area contributed by atoms with Gasteiger partial charge in [-0.3, -0.25) is 0 Å². The molecule has 0 bridgehead atoms. The molecule has 0 atom stereocenters. The van der Waals surface area contributed by atoms with E-state index in [4.69, 9.17) is 18.9 Å². The van der Waals surface area contributed by atoms with Gasteiger partial charge in [-0.2, -0.15) is 0 Å². The highest BCUT2D eigenvalue weighted by Gasteiger charge is 2.25. The van der Waals surface area contributed by atoms with Crippen molar-refractivity contribution in [1.29, 1.82) is 0 Å². The summed E-state index contributed by atoms with van der Waals surface area (Å²) in [5.41, 5.74) is 2.50. The first-order valence-corrected chi connectivity index (χ1v) is 10.3. The van der Waals surface area contributed by atoms with Crippen molar-refractivity contribution in [2.24, 2.45) is 0 Å². The molecule has 6 heteroatoms. The van der Waals surface area contributed by atoms with E-state index in [0.717, 1.165) is 62.3 Å². The SMILES string of the molecule is CCOc1cc(C[NH+]2CC[NH+](Cc3cccc(OC)c3OC)CC2)ccc1OC. The Morgan fingerprint density at radius 2 is 1.45 bits per heavy atom. The molecule has 2 N–H and O–H groups in total. The van der Waals surface area contributed by atoms with Crippen molar-refractivity contribution < 1.29 is 28.7 Å². The van der Waals surface area contributed by atoms with Gasteiger partial charge < -0.3 is 28.7 Å². The lowest BCUT2D eigenvalue weighted by molar-refractivity contribution is -1.02. The first-order chi connectivity index (χ1) is 14.2. The van der Waals surface area contributed by atoms with E-state index in [0.29, 0.717) is 6.61 Å². The minimum Gasteiger partial charge on any atom is -0.493 e. The normalized spacial score (nSPS) is 18.9. The second kappa shape index (κ2) is 10.4. The number of benzene rings is 2. The van der Waals surface area contributed by atoms with Crippen LogP contribution < -0.4 is 28.7 Å². The third-order valence-corrected chi connectivity index (χ3v) is 5.57. The molecule has 2 aromatic carbocycles. The van der Waals surface area contributed by atoms with Gasteiger partial charge in [-0.1, -0.05) is 6.07 Å². The number of rotatable bonds is 9. The number of hydrogen-bond acceptors (Lipinski definition) is 4. The Morgan fingerprint density at radius 1 is 0.759 bits per heavy atom. The maximum atomic E-state index is 5.72. The predicted molar refractivity (Wildman–Crippen MR) is 113 cm³/mol. The topological polar surface area (TPSA) is 45.8 Å². The minimum absolute atomic E-state index is 0.641. The van der Waals surface area contributed by atoms with E-state index >= 15 is 0 Å². The van der Waals surface area contributed by atoms with Crippen LogP contribution in [-0.2, 0) is 13.1 Å². The van der Waals surface area contributed by atoms with Crippen LogP contribution in [0.1, 0.15) is 18.1 Å². The molecular weight excluding hydrogens is 368 g/mol. The number of hydrogen-bond donors (Lipinski definition) is 2. The fraction of sp³-hybridized carbons (Fsp3) is 0.478. The molecule has 6 nitrogen and oxygen atoms in total. The van der Waals surface area contributed by atoms with Gasteiger partial charge in [-0.15, -0.1) is 0 Å². The Hall–Kier alpha value is -2.44. The molecule has 0 aliphatic carbocycles. The summed E-state index contributed by atoms with van der Waals surface area (Å²) in [6.07, 6.45) is 0. The van der Waals surface area contributed by atoms with E-state index in [9.17, 15) is 0 Å². The molecule has 3 rings (SSSR count). The second-order valence-corrected chi connectivity index (χ2v) is 7.42. The van der Waals surface area contributed by atoms with Crippen molar-refractivity contribution in [3.05, 3.63) is 47.5 Å². The van der Waals surface area contributed by atoms with Crippen LogP contribution in [0, 0.1) is 0 Å². The lowest BCUT2D eigenvalue weighted by atomic mass is 10.1. The average molecular weight is 403 g/mol. The highest BCUT2D eigenvalue weighted by atomic mass is 16.5. The fourth-order valence-electron chi connectivity index (χ4n) is 4.06. The third kappa shape index (κ3) is 5.34. The summed E-state index contributed by atoms with van der Waals surface area (Å²) >= 11 is 0. The maximum absolute atomic E-state index is 5.72. The molecule has 0 amide bonds. The zero-order chi connectivity index (χ0) is 20.6. The maximum Gasteiger partial charge on any atom is 0.169 e. The third-order valence-electron chi connectivity index (χ3n) is 5.57. The van der Waals surface area contributed by atoms with E-state index in [-0.39, 0.29) is 0 Å². The lowest BCUT2D eigenvalue weighted by Gasteiger charge is -2.30. The van der Waals surface area contributed by atoms with Gasteiger partial charge in [0.2, 0.25) is 0 Å². The zero-order valence-electron chi connectivity index (χ0n) is 18.0. The molecule has 1 aliphatic heterocycles. The largest absolute Gasteiger partial charge is 0.493 e. The summed E-state index contributed by atoms with van der Waals surface area (Å²) < 4.78 is 22.1. The van der Waals surface area contributed by atoms with Crippen molar-refractivity contribution in [1.82, 2.24) is 0 Å². The molecule has 0 aromatic heterocycles. The van der Waals surface area contributed by atoms with Crippen LogP contribution in [0.15, 0.2) is 36.4 Å². The number of ether oxygens (including phenoxy) is 4. The summed E-state index contributed by atoms with van der Waals surface area (Å²) in [6.45, 7) is 9.20. The van der Waals surface area contributed by atoms with Gasteiger partial charge in [0.25, 0.3) is 0 Å². The standard InChI is InChI=1S/C23H32N2O4/c1-5-29-22-15-18(9-10-20(22)26-2)16-24-11-13-25(14-12-24)17-19-7-6-8-21(27-3)23(19)28-4/h6-10,15H,5,11-14,16-17H2,1-4H3/p+2. The Bertz CT molecular complexity index is 788. The van der Waals surface area contributed by atoms with Crippen LogP contribution in [0.4, 0.5) is 0 Å². The highest BCUT2D eigenvalue weighted by Crippen LogP contribution is 2.30. The van der Waals surface area contributed by atoms with E-state index in [1.807, 2.05) is 25.1 Å². The predicted octanol–water partition coefficient (Wildman–Crippen LogP) is 0.595. The van der Waals surface area contributed by atoms with Crippen molar-refractivity contribution in [3.63, 3.8) is 0 Å². The monoisotopic (exact) mass is 402 g/mol. The first-order valence-electron chi connectivity index (χ1n) is 10.3. The van der Waals surface area contributed by atoms with Crippen molar-refractivity contribution in [2.75, 3.05) is 54.1 Å². The van der Waals surface area contributed by atoms with Gasteiger partial charge in [-0.25, -0.2) is 0 Å². The van der Waals surface area contributed by atoms with Gasteiger partial charge >= 0.3 is 0 Å². The van der Waals surface area contributed by atoms with Crippen LogP contribution >= 0.6 is 0 Å². The molecule has 1 heterocycles. The van der Waals surface area contributed by atoms with Crippen LogP contribution in [0.5, 0.6) is 23.0 Å². The molecule has 0 unspecified atom stereocenters. The van der Waals surface area contributed by atoms with Gasteiger partial charge in [0.1, 0.15) is 39.3 Å².